The van der Waals surface area contributed by atoms with Crippen LogP contribution in [0.3, 0.4) is 0 Å². The van der Waals surface area contributed by atoms with Crippen LogP contribution in [0.25, 0.3) is 0 Å². The molecule has 0 unspecified atom stereocenters. The fraction of sp³-hybridized carbons (Fsp3) is 0.581. The Balaban J connectivity index is 1.61. The molecule has 2 saturated heterocycles. The fourth-order valence-corrected chi connectivity index (χ4v) is 12.7. The van der Waals surface area contributed by atoms with Gasteiger partial charge in [-0.1, -0.05) is 119 Å². The van der Waals surface area contributed by atoms with Crippen LogP contribution in [-0.4, -0.2) is 275 Å². The largest absolute Gasteiger partial charge is 0.391 e. The topological polar surface area (TPSA) is 319 Å². The van der Waals surface area contributed by atoms with Crippen LogP contribution in [0, 0.1) is 11.8 Å². The summed E-state index contributed by atoms with van der Waals surface area (Å²) in [5.41, 5.74) is 1.94. The average Bonchev–Trinajstić information content (AvgIpc) is 0.815. The molecule has 0 spiro atoms. The molecule has 0 saturated carbocycles. The number of hydrogen-bond acceptors (Lipinski definition) is 14. The number of carbonyl (C=O) groups is 13. The molecule has 0 aromatic heterocycles. The average molecular weight is 1400 g/mol. The third kappa shape index (κ3) is 22.1. The number of benzene rings is 3. The molecule has 0 radical (unpaired) electrons. The molecule has 13 amide bonds. The van der Waals surface area contributed by atoms with Crippen molar-refractivity contribution in [2.45, 2.75) is 193 Å². The van der Waals surface area contributed by atoms with Crippen LogP contribution < -0.4 is 21.3 Å². The van der Waals surface area contributed by atoms with Gasteiger partial charge in [0.15, 0.2) is 0 Å². The van der Waals surface area contributed by atoms with Crippen LogP contribution in [0.2, 0.25) is 0 Å². The SMILES string of the molecule is CC(C)C[C@H]1C(=O)N[C@@H]([C@@H](C)O)C(=O)N(C)[C@@H](C)C(=O)N[C@H](C(=O)N(C)[C@@H](Cc2ccccc2)C(=O)N[C@@H](C)C(=O)N2CCCCC2)CC(=O)N(C)CCC(=O)N(C)[C@@H](C(C)C)C(=O)N(C)[C@@H](Cc2ccccc2)C(=O)N(C)[C@@H](Cc2ccccc2)C(=O)N[C@@H](C)C(=O)N(C)[C@@H](C)C(=O)N1C. The minimum atomic E-state index is -1.77. The Morgan fingerprint density at radius 2 is 1.03 bits per heavy atom. The zero-order valence-corrected chi connectivity index (χ0v) is 62.0. The lowest BCUT2D eigenvalue weighted by atomic mass is 9.97. The van der Waals surface area contributed by atoms with Gasteiger partial charge in [0.1, 0.15) is 66.5 Å². The quantitative estimate of drug-likeness (QED) is 0.145. The van der Waals surface area contributed by atoms with Crippen molar-refractivity contribution < 1.29 is 67.4 Å². The molecule has 27 nitrogen and oxygen atoms in total. The van der Waals surface area contributed by atoms with Crippen LogP contribution in [-0.2, 0) is 81.6 Å². The molecule has 554 valence electrons. The van der Waals surface area contributed by atoms with Crippen LogP contribution >= 0.6 is 0 Å². The van der Waals surface area contributed by atoms with E-state index in [1.54, 1.807) is 131 Å². The summed E-state index contributed by atoms with van der Waals surface area (Å²) in [4.78, 5) is 202. The summed E-state index contributed by atoms with van der Waals surface area (Å²) in [6, 6.07) is 11.5. The zero-order valence-electron chi connectivity index (χ0n) is 62.0. The maximum absolute atomic E-state index is 15.4. The van der Waals surface area contributed by atoms with Crippen molar-refractivity contribution in [3.63, 3.8) is 0 Å². The zero-order chi connectivity index (χ0) is 75.4. The Kier molecular flexibility index (Phi) is 31.0. The number of piperidine rings is 1. The van der Waals surface area contributed by atoms with Gasteiger partial charge in [0.25, 0.3) is 0 Å². The van der Waals surface area contributed by atoms with Gasteiger partial charge in [0.2, 0.25) is 76.8 Å². The van der Waals surface area contributed by atoms with Gasteiger partial charge >= 0.3 is 0 Å². The normalized spacial score (nSPS) is 24.3. The van der Waals surface area contributed by atoms with Gasteiger partial charge in [-0.15, -0.1) is 0 Å². The van der Waals surface area contributed by atoms with Gasteiger partial charge in [-0.3, -0.25) is 62.3 Å². The molecule has 2 heterocycles. The summed E-state index contributed by atoms with van der Waals surface area (Å²) in [6.45, 7) is 14.8. The molecule has 2 fully saturated rings. The number of likely N-dealkylation sites (N-methyl/N-ethyl adjacent to an activating group) is 7. The number of carbonyl (C=O) groups excluding carboxylic acids is 13. The Morgan fingerprint density at radius 1 is 0.535 bits per heavy atom. The molecule has 0 bridgehead atoms. The van der Waals surface area contributed by atoms with E-state index in [9.17, 15) is 53.1 Å². The van der Waals surface area contributed by atoms with Gasteiger partial charge < -0.3 is 70.5 Å². The predicted molar refractivity (Wildman–Crippen MR) is 380 cm³/mol. The predicted octanol–water partition coefficient (Wildman–Crippen LogP) is 1.87. The smallest absolute Gasteiger partial charge is 0.248 e. The van der Waals surface area contributed by atoms with Crippen LogP contribution in [0.1, 0.15) is 118 Å². The van der Waals surface area contributed by atoms with Crippen molar-refractivity contribution in [1.29, 1.82) is 0 Å². The first-order valence-corrected chi connectivity index (χ1v) is 34.9. The maximum Gasteiger partial charge on any atom is 0.248 e. The second-order valence-corrected chi connectivity index (χ2v) is 27.9. The molecule has 2 aliphatic rings. The van der Waals surface area contributed by atoms with Gasteiger partial charge in [-0.05, 0) is 88.8 Å². The van der Waals surface area contributed by atoms with Crippen molar-refractivity contribution >= 4 is 76.8 Å². The first kappa shape index (κ1) is 82.4. The lowest BCUT2D eigenvalue weighted by Crippen LogP contribution is -2.62. The first-order valence-electron chi connectivity index (χ1n) is 34.9. The second-order valence-electron chi connectivity index (χ2n) is 27.9. The van der Waals surface area contributed by atoms with E-state index in [1.165, 1.54) is 98.8 Å². The minimum Gasteiger partial charge on any atom is -0.391 e. The Bertz CT molecular complexity index is 3370. The summed E-state index contributed by atoms with van der Waals surface area (Å²) in [6.07, 6.45) is -0.310. The van der Waals surface area contributed by atoms with Crippen LogP contribution in [0.4, 0.5) is 0 Å². The summed E-state index contributed by atoms with van der Waals surface area (Å²) in [7, 11) is 10.9. The number of aliphatic hydroxyl groups is 1. The molecule has 101 heavy (non-hydrogen) atoms. The van der Waals surface area contributed by atoms with Crippen molar-refractivity contribution in [3.05, 3.63) is 108 Å². The Hall–Kier alpha value is -9.27. The van der Waals surface area contributed by atoms with E-state index in [4.69, 9.17) is 0 Å². The number of likely N-dealkylation sites (tertiary alicyclic amines) is 1. The second kappa shape index (κ2) is 38.0. The van der Waals surface area contributed by atoms with E-state index in [1.807, 2.05) is 0 Å². The maximum atomic E-state index is 15.4. The van der Waals surface area contributed by atoms with E-state index >= 15 is 14.4 Å². The third-order valence-corrected chi connectivity index (χ3v) is 19.5. The number of nitrogens with one attached hydrogen (secondary N) is 4. The van der Waals surface area contributed by atoms with Crippen molar-refractivity contribution in [1.82, 2.24) is 65.4 Å². The highest BCUT2D eigenvalue weighted by Crippen LogP contribution is 2.23. The van der Waals surface area contributed by atoms with Gasteiger partial charge in [0, 0.05) is 102 Å². The summed E-state index contributed by atoms with van der Waals surface area (Å²) in [5.74, 6) is -10.4. The molecule has 3 aromatic rings. The van der Waals surface area contributed by atoms with Crippen LogP contribution in [0.15, 0.2) is 91.0 Å². The fourth-order valence-electron chi connectivity index (χ4n) is 12.7. The Labute approximate surface area is 595 Å². The highest BCUT2D eigenvalue weighted by Gasteiger charge is 2.44. The number of hydrogen-bond donors (Lipinski definition) is 5. The number of amides is 13. The van der Waals surface area contributed by atoms with Crippen molar-refractivity contribution in [3.8, 4) is 0 Å². The standard InChI is InChI=1S/C74H109N13O14/c1-45(2)40-56-67(94)78-62(51(9)88)73(100)80(11)49(7)64(91)77-55(71(98)83(14)57(41-52-30-22-18-23-31-52)65(92)76-48(6)69(96)87-37-28-21-29-38-87)44-61(90)79(10)39-36-60(89)86(17)63(46(3)4)74(101)85(16)59(43-54-34-26-20-27-35-54)72(99)84(15)58(42-53-32-24-19-25-33-53)66(93)75-47(5)68(95)81(12)50(8)70(97)82(56)13/h18-20,22-27,30-35,45-51,55-59,62-63,88H,21,28-29,36-44H2,1-17H3,(H,75,93)(H,76,92)(H,77,91)(H,78,94)/t47-,48-,49-,50-,51+,55-,56-,57-,58-,59-,62-,63-/m0/s1. The van der Waals surface area contributed by atoms with Crippen LogP contribution in [0.5, 0.6) is 0 Å². The van der Waals surface area contributed by atoms with E-state index in [0.29, 0.717) is 29.8 Å². The molecular weight excluding hydrogens is 1290 g/mol. The van der Waals surface area contributed by atoms with E-state index in [0.717, 1.165) is 43.8 Å². The van der Waals surface area contributed by atoms with Crippen molar-refractivity contribution in [2.24, 2.45) is 11.8 Å². The monoisotopic (exact) mass is 1400 g/mol. The summed E-state index contributed by atoms with van der Waals surface area (Å²) < 4.78 is 0. The molecule has 5 rings (SSSR count). The highest BCUT2D eigenvalue weighted by molar-refractivity contribution is 6.00. The third-order valence-electron chi connectivity index (χ3n) is 19.5. The van der Waals surface area contributed by atoms with E-state index in [2.05, 4.69) is 21.3 Å². The number of aliphatic hydroxyl groups excluding tert-OH is 1. The lowest BCUT2D eigenvalue weighted by molar-refractivity contribution is -0.153. The van der Waals surface area contributed by atoms with Gasteiger partial charge in [0.05, 0.1) is 12.5 Å². The molecular formula is C74H109N13O14. The molecule has 3 aromatic carbocycles. The first-order chi connectivity index (χ1) is 47.5. The minimum absolute atomic E-state index is 0.0263. The molecule has 27 heteroatoms. The molecule has 12 atom stereocenters. The van der Waals surface area contributed by atoms with Gasteiger partial charge in [-0.2, -0.15) is 0 Å². The van der Waals surface area contributed by atoms with E-state index < -0.39 is 156 Å². The van der Waals surface area contributed by atoms with Gasteiger partial charge in [-0.25, -0.2) is 0 Å². The lowest BCUT2D eigenvalue weighted by Gasteiger charge is -2.39. The summed E-state index contributed by atoms with van der Waals surface area (Å²) in [5, 5.41) is 22.0. The molecule has 2 aliphatic heterocycles. The van der Waals surface area contributed by atoms with E-state index in [-0.39, 0.29) is 50.5 Å². The molecule has 0 aliphatic carbocycles. The molecule has 5 N–H and O–H groups in total. The summed E-state index contributed by atoms with van der Waals surface area (Å²) >= 11 is 0. The number of rotatable bonds is 15. The Morgan fingerprint density at radius 3 is 1.55 bits per heavy atom. The van der Waals surface area contributed by atoms with Crippen molar-refractivity contribution in [2.75, 3.05) is 76.0 Å². The highest BCUT2D eigenvalue weighted by atomic mass is 16.3. The number of nitrogens with zero attached hydrogens (tertiary/aromatic N) is 9.